The summed E-state index contributed by atoms with van der Waals surface area (Å²) < 4.78 is 5.16. The first-order valence-corrected chi connectivity index (χ1v) is 10.7. The lowest BCUT2D eigenvalue weighted by Crippen LogP contribution is -2.32. The maximum absolute atomic E-state index is 13.0. The van der Waals surface area contributed by atoms with Crippen LogP contribution in [-0.4, -0.2) is 22.7 Å². The van der Waals surface area contributed by atoms with E-state index in [1.807, 2.05) is 13.0 Å². The molecule has 1 heterocycles. The number of carbonyl (C=O) groups is 3. The summed E-state index contributed by atoms with van der Waals surface area (Å²) in [5.74, 6) is -2.22. The predicted molar refractivity (Wildman–Crippen MR) is 129 cm³/mol. The molecule has 3 aromatic rings. The lowest BCUT2D eigenvalue weighted by atomic mass is 10.1. The van der Waals surface area contributed by atoms with E-state index >= 15 is 0 Å². The number of halogens is 1. The van der Waals surface area contributed by atoms with Crippen molar-refractivity contribution in [2.75, 3.05) is 10.2 Å². The van der Waals surface area contributed by atoms with Crippen LogP contribution in [-0.2, 0) is 9.59 Å². The van der Waals surface area contributed by atoms with E-state index in [-0.39, 0.29) is 27.7 Å². The molecule has 0 bridgehead atoms. The summed E-state index contributed by atoms with van der Waals surface area (Å²) in [5.41, 5.74) is 2.27. The minimum Gasteiger partial charge on any atom is -0.416 e. The van der Waals surface area contributed by atoms with E-state index in [1.165, 1.54) is 48.5 Å². The molecule has 4 rings (SSSR count). The molecular formula is C25H18ClN3O6. The molecule has 2 amide bonds. The zero-order valence-corrected chi connectivity index (χ0v) is 19.3. The lowest BCUT2D eigenvalue weighted by Gasteiger charge is -2.18. The number of benzene rings is 3. The number of nitro benzene ring substituents is 1. The third-order valence-electron chi connectivity index (χ3n) is 5.28. The average molecular weight is 492 g/mol. The van der Waals surface area contributed by atoms with Gasteiger partial charge in [0.25, 0.3) is 11.8 Å². The van der Waals surface area contributed by atoms with E-state index < -0.39 is 22.7 Å². The fraction of sp³-hybridized carbons (Fsp3) is 0.0800. The number of rotatable bonds is 6. The van der Waals surface area contributed by atoms with Gasteiger partial charge in [-0.2, -0.15) is 0 Å². The Labute approximate surface area is 204 Å². The van der Waals surface area contributed by atoms with Crippen LogP contribution < -0.4 is 15.0 Å². The van der Waals surface area contributed by atoms with Crippen LogP contribution in [0.15, 0.2) is 77.5 Å². The topological polar surface area (TPSA) is 119 Å². The average Bonchev–Trinajstić information content (AvgIpc) is 3.03. The molecule has 0 spiro atoms. The van der Waals surface area contributed by atoms with Gasteiger partial charge in [0.15, 0.2) is 0 Å². The molecule has 0 unspecified atom stereocenters. The summed E-state index contributed by atoms with van der Waals surface area (Å²) in [6.07, 6.45) is 0. The fourth-order valence-corrected chi connectivity index (χ4v) is 3.79. The SMILES string of the molecule is Cc1ccc(N2C(=O)C(Cl)=C(Nc3ccc(C(=O)Oc4ccccc4[N+](=O)[O-])cc3)C2=O)c(C)c1. The van der Waals surface area contributed by atoms with Gasteiger partial charge in [-0.15, -0.1) is 0 Å². The number of anilines is 2. The van der Waals surface area contributed by atoms with Crippen LogP contribution in [0, 0.1) is 24.0 Å². The summed E-state index contributed by atoms with van der Waals surface area (Å²) in [4.78, 5) is 49.6. The number of nitrogens with zero attached hydrogens (tertiary/aromatic N) is 2. The number of ether oxygens (including phenoxy) is 1. The Balaban J connectivity index is 1.50. The molecule has 1 N–H and O–H groups in total. The third kappa shape index (κ3) is 4.62. The Kier molecular flexibility index (Phi) is 6.35. The summed E-state index contributed by atoms with van der Waals surface area (Å²) in [6, 6.07) is 16.7. The molecule has 9 nitrogen and oxygen atoms in total. The highest BCUT2D eigenvalue weighted by atomic mass is 35.5. The van der Waals surface area contributed by atoms with Crippen molar-refractivity contribution < 1.29 is 24.0 Å². The van der Waals surface area contributed by atoms with Gasteiger partial charge in [-0.05, 0) is 55.8 Å². The molecule has 3 aromatic carbocycles. The van der Waals surface area contributed by atoms with Gasteiger partial charge in [0.2, 0.25) is 5.75 Å². The molecule has 0 saturated heterocycles. The second-order valence-corrected chi connectivity index (χ2v) is 8.12. The largest absolute Gasteiger partial charge is 0.416 e. The first-order chi connectivity index (χ1) is 16.7. The van der Waals surface area contributed by atoms with Crippen molar-refractivity contribution in [3.8, 4) is 5.75 Å². The van der Waals surface area contributed by atoms with E-state index in [1.54, 1.807) is 19.1 Å². The van der Waals surface area contributed by atoms with Crippen molar-refractivity contribution in [2.24, 2.45) is 0 Å². The van der Waals surface area contributed by atoms with Gasteiger partial charge in [0.05, 0.1) is 16.2 Å². The maximum Gasteiger partial charge on any atom is 0.343 e. The fourth-order valence-electron chi connectivity index (χ4n) is 3.57. The number of nitro groups is 1. The van der Waals surface area contributed by atoms with Gasteiger partial charge in [-0.1, -0.05) is 41.4 Å². The van der Waals surface area contributed by atoms with Gasteiger partial charge in [-0.25, -0.2) is 9.69 Å². The van der Waals surface area contributed by atoms with Gasteiger partial charge in [0, 0.05) is 11.8 Å². The van der Waals surface area contributed by atoms with E-state index in [9.17, 15) is 24.5 Å². The molecular weight excluding hydrogens is 474 g/mol. The van der Waals surface area contributed by atoms with Crippen molar-refractivity contribution in [3.05, 3.63) is 104 Å². The van der Waals surface area contributed by atoms with Crippen molar-refractivity contribution in [1.29, 1.82) is 0 Å². The first kappa shape index (κ1) is 23.7. The molecule has 1 aliphatic rings. The van der Waals surface area contributed by atoms with Crippen LogP contribution >= 0.6 is 11.6 Å². The van der Waals surface area contributed by atoms with Gasteiger partial charge in [-0.3, -0.25) is 19.7 Å². The number of hydrogen-bond donors (Lipinski definition) is 1. The summed E-state index contributed by atoms with van der Waals surface area (Å²) in [6.45, 7) is 3.70. The maximum atomic E-state index is 13.0. The summed E-state index contributed by atoms with van der Waals surface area (Å²) in [5, 5.41) is 13.7. The molecule has 176 valence electrons. The van der Waals surface area contributed by atoms with Crippen molar-refractivity contribution in [2.45, 2.75) is 13.8 Å². The molecule has 0 aliphatic carbocycles. The van der Waals surface area contributed by atoms with Crippen LogP contribution in [0.2, 0.25) is 0 Å². The van der Waals surface area contributed by atoms with Crippen LogP contribution in [0.1, 0.15) is 21.5 Å². The number of amides is 2. The standard InChI is InChI=1S/C25H18ClN3O6/c1-14-7-12-18(15(2)13-14)28-23(30)21(26)22(24(28)31)27-17-10-8-16(9-11-17)25(32)35-20-6-4-3-5-19(20)29(33)34/h3-13,27H,1-2H3. The molecule has 35 heavy (non-hydrogen) atoms. The number of para-hydroxylation sites is 2. The van der Waals surface area contributed by atoms with Crippen LogP contribution in [0.3, 0.4) is 0 Å². The Morgan fingerprint density at radius 3 is 2.34 bits per heavy atom. The minimum atomic E-state index is -0.795. The highest BCUT2D eigenvalue weighted by Crippen LogP contribution is 2.32. The van der Waals surface area contributed by atoms with E-state index in [0.29, 0.717) is 11.4 Å². The van der Waals surface area contributed by atoms with Crippen LogP contribution in [0.5, 0.6) is 5.75 Å². The predicted octanol–water partition coefficient (Wildman–Crippen LogP) is 4.87. The highest BCUT2D eigenvalue weighted by Gasteiger charge is 2.39. The molecule has 0 atom stereocenters. The lowest BCUT2D eigenvalue weighted by molar-refractivity contribution is -0.385. The van der Waals surface area contributed by atoms with E-state index in [0.717, 1.165) is 16.0 Å². The van der Waals surface area contributed by atoms with Gasteiger partial charge < -0.3 is 10.1 Å². The Hall–Kier alpha value is -4.50. The van der Waals surface area contributed by atoms with Crippen molar-refractivity contribution >= 4 is 46.4 Å². The van der Waals surface area contributed by atoms with Gasteiger partial charge >= 0.3 is 11.7 Å². The molecule has 10 heteroatoms. The summed E-state index contributed by atoms with van der Waals surface area (Å²) >= 11 is 6.19. The Morgan fingerprint density at radius 1 is 1.00 bits per heavy atom. The van der Waals surface area contributed by atoms with Gasteiger partial charge in [0.1, 0.15) is 10.7 Å². The van der Waals surface area contributed by atoms with E-state index in [2.05, 4.69) is 5.32 Å². The van der Waals surface area contributed by atoms with Crippen molar-refractivity contribution in [3.63, 3.8) is 0 Å². The number of nitrogens with one attached hydrogen (secondary N) is 1. The molecule has 0 fully saturated rings. The smallest absolute Gasteiger partial charge is 0.343 e. The van der Waals surface area contributed by atoms with Crippen LogP contribution in [0.4, 0.5) is 17.1 Å². The zero-order chi connectivity index (χ0) is 25.3. The summed E-state index contributed by atoms with van der Waals surface area (Å²) in [7, 11) is 0. The number of esters is 1. The second-order valence-electron chi connectivity index (χ2n) is 7.74. The second kappa shape index (κ2) is 9.40. The molecule has 0 radical (unpaired) electrons. The monoisotopic (exact) mass is 491 g/mol. The molecule has 0 aromatic heterocycles. The Bertz CT molecular complexity index is 1410. The number of aryl methyl sites for hydroxylation is 2. The number of hydrogen-bond acceptors (Lipinski definition) is 7. The molecule has 0 saturated carbocycles. The highest BCUT2D eigenvalue weighted by molar-refractivity contribution is 6.53. The third-order valence-corrected chi connectivity index (χ3v) is 5.63. The normalized spacial score (nSPS) is 13.3. The molecule has 1 aliphatic heterocycles. The quantitative estimate of drug-likeness (QED) is 0.172. The Morgan fingerprint density at radius 2 is 1.69 bits per heavy atom. The number of imide groups is 1. The van der Waals surface area contributed by atoms with E-state index in [4.69, 9.17) is 16.3 Å². The first-order valence-electron chi connectivity index (χ1n) is 10.4. The minimum absolute atomic E-state index is 0.0909. The zero-order valence-electron chi connectivity index (χ0n) is 18.6. The van der Waals surface area contributed by atoms with Crippen LogP contribution in [0.25, 0.3) is 0 Å². The van der Waals surface area contributed by atoms with Crippen molar-refractivity contribution in [1.82, 2.24) is 0 Å². The number of carbonyl (C=O) groups excluding carboxylic acids is 3.